The van der Waals surface area contributed by atoms with Gasteiger partial charge in [-0.1, -0.05) is 6.07 Å². The van der Waals surface area contributed by atoms with Crippen LogP contribution < -0.4 is 9.47 Å². The summed E-state index contributed by atoms with van der Waals surface area (Å²) in [5, 5.41) is 8.94. The van der Waals surface area contributed by atoms with Crippen LogP contribution in [-0.2, 0) is 0 Å². The van der Waals surface area contributed by atoms with E-state index in [0.717, 1.165) is 0 Å². The highest BCUT2D eigenvalue weighted by Crippen LogP contribution is 2.25. The van der Waals surface area contributed by atoms with Crippen molar-refractivity contribution in [1.82, 2.24) is 9.97 Å². The van der Waals surface area contributed by atoms with E-state index >= 15 is 0 Å². The lowest BCUT2D eigenvalue weighted by atomic mass is 10.3. The molecule has 6 heteroatoms. The van der Waals surface area contributed by atoms with Crippen molar-refractivity contribution in [3.63, 3.8) is 0 Å². The van der Waals surface area contributed by atoms with E-state index in [4.69, 9.17) is 14.6 Å². The Bertz CT molecular complexity index is 572. The number of nitrogens with zero attached hydrogens (tertiary/aromatic N) is 2. The van der Waals surface area contributed by atoms with Crippen molar-refractivity contribution in [1.29, 1.82) is 0 Å². The number of aromatic carboxylic acids is 1. The van der Waals surface area contributed by atoms with Gasteiger partial charge in [-0.25, -0.2) is 14.8 Å². The molecule has 92 valence electrons. The van der Waals surface area contributed by atoms with Crippen molar-refractivity contribution in [2.45, 2.75) is 0 Å². The molecule has 0 saturated carbocycles. The van der Waals surface area contributed by atoms with Gasteiger partial charge in [0.25, 0.3) is 5.88 Å². The molecule has 2 aromatic rings. The Morgan fingerprint density at radius 3 is 2.67 bits per heavy atom. The first-order valence-corrected chi connectivity index (χ1v) is 5.07. The third-order valence-corrected chi connectivity index (χ3v) is 2.12. The van der Waals surface area contributed by atoms with Gasteiger partial charge in [0.15, 0.2) is 0 Å². The second kappa shape index (κ2) is 5.13. The number of carboxylic acids is 1. The zero-order valence-corrected chi connectivity index (χ0v) is 9.53. The predicted molar refractivity (Wildman–Crippen MR) is 62.1 cm³/mol. The van der Waals surface area contributed by atoms with E-state index in [2.05, 4.69) is 9.97 Å². The van der Waals surface area contributed by atoms with E-state index < -0.39 is 5.97 Å². The van der Waals surface area contributed by atoms with Gasteiger partial charge in [0.2, 0.25) is 5.69 Å². The fourth-order valence-electron chi connectivity index (χ4n) is 1.32. The number of benzene rings is 1. The van der Waals surface area contributed by atoms with Crippen LogP contribution in [0.2, 0.25) is 0 Å². The standard InChI is InChI=1S/C12H10N2O4/c1-17-8-3-2-4-9(7-8)18-11-10(12(15)16)13-5-6-14-11/h2-7H,1H3,(H,15,16). The number of carboxylic acid groups (broad SMARTS) is 1. The fourth-order valence-corrected chi connectivity index (χ4v) is 1.32. The molecule has 0 aliphatic rings. The van der Waals surface area contributed by atoms with Crippen LogP contribution in [0.3, 0.4) is 0 Å². The fraction of sp³-hybridized carbons (Fsp3) is 0.0833. The first-order chi connectivity index (χ1) is 8.70. The topological polar surface area (TPSA) is 81.5 Å². The van der Waals surface area contributed by atoms with Crippen LogP contribution in [0.5, 0.6) is 17.4 Å². The summed E-state index contributed by atoms with van der Waals surface area (Å²) in [6, 6.07) is 6.77. The van der Waals surface area contributed by atoms with Crippen molar-refractivity contribution in [2.75, 3.05) is 7.11 Å². The molecule has 1 aromatic carbocycles. The molecule has 0 spiro atoms. The molecule has 6 nitrogen and oxygen atoms in total. The summed E-state index contributed by atoms with van der Waals surface area (Å²) in [5.41, 5.74) is -0.236. The van der Waals surface area contributed by atoms with E-state index in [1.807, 2.05) is 0 Å². The molecule has 1 heterocycles. The summed E-state index contributed by atoms with van der Waals surface area (Å²) in [7, 11) is 1.53. The number of methoxy groups -OCH3 is 1. The van der Waals surface area contributed by atoms with E-state index in [1.165, 1.54) is 19.5 Å². The number of hydrogen-bond acceptors (Lipinski definition) is 5. The average Bonchev–Trinajstić information content (AvgIpc) is 2.39. The van der Waals surface area contributed by atoms with Gasteiger partial charge in [-0.3, -0.25) is 0 Å². The molecule has 0 aliphatic carbocycles. The third-order valence-electron chi connectivity index (χ3n) is 2.12. The van der Waals surface area contributed by atoms with Crippen molar-refractivity contribution < 1.29 is 19.4 Å². The number of hydrogen-bond donors (Lipinski definition) is 1. The normalized spacial score (nSPS) is 9.83. The molecule has 0 amide bonds. The molecule has 1 N–H and O–H groups in total. The molecule has 0 aliphatic heterocycles. The molecule has 1 aromatic heterocycles. The van der Waals surface area contributed by atoms with Crippen LogP contribution in [0, 0.1) is 0 Å². The van der Waals surface area contributed by atoms with E-state index in [1.54, 1.807) is 24.3 Å². The predicted octanol–water partition coefficient (Wildman–Crippen LogP) is 1.98. The molecular formula is C12H10N2O4. The highest BCUT2D eigenvalue weighted by Gasteiger charge is 2.14. The lowest BCUT2D eigenvalue weighted by Gasteiger charge is -2.07. The quantitative estimate of drug-likeness (QED) is 0.888. The second-order valence-corrected chi connectivity index (χ2v) is 3.30. The van der Waals surface area contributed by atoms with Crippen LogP contribution in [0.1, 0.15) is 10.5 Å². The van der Waals surface area contributed by atoms with Gasteiger partial charge >= 0.3 is 5.97 Å². The lowest BCUT2D eigenvalue weighted by Crippen LogP contribution is -2.04. The van der Waals surface area contributed by atoms with Crippen LogP contribution in [-0.4, -0.2) is 28.2 Å². The van der Waals surface area contributed by atoms with Gasteiger partial charge in [0, 0.05) is 18.5 Å². The monoisotopic (exact) mass is 246 g/mol. The highest BCUT2D eigenvalue weighted by molar-refractivity contribution is 5.87. The summed E-state index contributed by atoms with van der Waals surface area (Å²) in [6.45, 7) is 0. The Balaban J connectivity index is 2.31. The molecule has 18 heavy (non-hydrogen) atoms. The van der Waals surface area contributed by atoms with E-state index in [0.29, 0.717) is 11.5 Å². The Morgan fingerprint density at radius 1 is 1.22 bits per heavy atom. The maximum atomic E-state index is 10.9. The zero-order chi connectivity index (χ0) is 13.0. The van der Waals surface area contributed by atoms with Crippen LogP contribution in [0.15, 0.2) is 36.7 Å². The van der Waals surface area contributed by atoms with Gasteiger partial charge in [0.05, 0.1) is 7.11 Å². The molecular weight excluding hydrogens is 236 g/mol. The molecule has 0 unspecified atom stereocenters. The first-order valence-electron chi connectivity index (χ1n) is 5.07. The largest absolute Gasteiger partial charge is 0.497 e. The molecule has 0 atom stereocenters. The Hall–Kier alpha value is -2.63. The number of ether oxygens (including phenoxy) is 2. The maximum Gasteiger partial charge on any atom is 0.360 e. The minimum atomic E-state index is -1.19. The van der Waals surface area contributed by atoms with Crippen molar-refractivity contribution in [3.8, 4) is 17.4 Å². The first kappa shape index (κ1) is 11.8. The van der Waals surface area contributed by atoms with Crippen molar-refractivity contribution in [2.24, 2.45) is 0 Å². The van der Waals surface area contributed by atoms with Crippen molar-refractivity contribution in [3.05, 3.63) is 42.4 Å². The average molecular weight is 246 g/mol. The Labute approximate surface area is 103 Å². The molecule has 2 rings (SSSR count). The second-order valence-electron chi connectivity index (χ2n) is 3.30. The van der Waals surface area contributed by atoms with Gasteiger partial charge < -0.3 is 14.6 Å². The van der Waals surface area contributed by atoms with Crippen LogP contribution in [0.25, 0.3) is 0 Å². The summed E-state index contributed by atoms with van der Waals surface area (Å²) in [4.78, 5) is 18.5. The minimum Gasteiger partial charge on any atom is -0.497 e. The van der Waals surface area contributed by atoms with Crippen LogP contribution in [0.4, 0.5) is 0 Å². The summed E-state index contributed by atoms with van der Waals surface area (Å²) in [6.07, 6.45) is 2.66. The highest BCUT2D eigenvalue weighted by atomic mass is 16.5. The molecule has 0 radical (unpaired) electrons. The minimum absolute atomic E-state index is 0.0572. The summed E-state index contributed by atoms with van der Waals surface area (Å²) in [5.74, 6) is -0.218. The molecule has 0 fully saturated rings. The Morgan fingerprint density at radius 2 is 1.94 bits per heavy atom. The maximum absolute atomic E-state index is 10.9. The Kier molecular flexibility index (Phi) is 3.38. The number of carbonyl (C=O) groups is 1. The van der Waals surface area contributed by atoms with Gasteiger partial charge in [-0.15, -0.1) is 0 Å². The lowest BCUT2D eigenvalue weighted by molar-refractivity contribution is 0.0686. The van der Waals surface area contributed by atoms with Gasteiger partial charge in [-0.2, -0.15) is 0 Å². The SMILES string of the molecule is COc1cccc(Oc2nccnc2C(=O)O)c1. The third kappa shape index (κ3) is 2.54. The van der Waals surface area contributed by atoms with E-state index in [-0.39, 0.29) is 11.6 Å². The number of rotatable bonds is 4. The number of aromatic nitrogens is 2. The summed E-state index contributed by atoms with van der Waals surface area (Å²) >= 11 is 0. The van der Waals surface area contributed by atoms with Gasteiger partial charge in [-0.05, 0) is 12.1 Å². The zero-order valence-electron chi connectivity index (χ0n) is 9.53. The molecule has 0 saturated heterocycles. The van der Waals surface area contributed by atoms with Crippen LogP contribution >= 0.6 is 0 Å². The molecule has 0 bridgehead atoms. The summed E-state index contributed by atoms with van der Waals surface area (Å²) < 4.78 is 10.4. The smallest absolute Gasteiger partial charge is 0.360 e. The van der Waals surface area contributed by atoms with Gasteiger partial charge in [0.1, 0.15) is 11.5 Å². The van der Waals surface area contributed by atoms with E-state index in [9.17, 15) is 4.79 Å². The van der Waals surface area contributed by atoms with Crippen molar-refractivity contribution >= 4 is 5.97 Å².